The van der Waals surface area contributed by atoms with Crippen LogP contribution in [0.4, 0.5) is 4.79 Å². The van der Waals surface area contributed by atoms with E-state index in [4.69, 9.17) is 4.74 Å². The molecule has 0 aliphatic carbocycles. The first-order valence-electron chi connectivity index (χ1n) is 6.87. The molecule has 0 aromatic carbocycles. The molecule has 112 valence electrons. The van der Waals surface area contributed by atoms with Gasteiger partial charge in [0.1, 0.15) is 17.1 Å². The second-order valence-electron chi connectivity index (χ2n) is 4.82. The van der Waals surface area contributed by atoms with Crippen molar-refractivity contribution in [3.05, 3.63) is 34.8 Å². The Morgan fingerprint density at radius 1 is 0.905 bits per heavy atom. The maximum Gasteiger partial charge on any atom is 0.333 e. The number of carbonyl (C=O) groups excluding carboxylic acids is 3. The fourth-order valence-corrected chi connectivity index (χ4v) is 2.42. The monoisotopic (exact) mass is 290 g/mol. The van der Waals surface area contributed by atoms with Crippen LogP contribution in [0, 0.1) is 0 Å². The Kier molecular flexibility index (Phi) is 3.97. The molecule has 21 heavy (non-hydrogen) atoms. The van der Waals surface area contributed by atoms with Gasteiger partial charge in [0.15, 0.2) is 0 Å². The molecule has 2 aliphatic heterocycles. The molecule has 0 atom stereocenters. The van der Waals surface area contributed by atoms with Crippen LogP contribution < -0.4 is 0 Å². The molecule has 0 spiro atoms. The van der Waals surface area contributed by atoms with Crippen molar-refractivity contribution in [1.82, 2.24) is 9.80 Å². The quantitative estimate of drug-likeness (QED) is 0.576. The van der Waals surface area contributed by atoms with Gasteiger partial charge in [0.2, 0.25) is 0 Å². The lowest BCUT2D eigenvalue weighted by Gasteiger charge is -2.33. The van der Waals surface area contributed by atoms with E-state index in [0.717, 1.165) is 9.80 Å². The van der Waals surface area contributed by atoms with Crippen molar-refractivity contribution in [3.63, 3.8) is 0 Å². The Balaban J connectivity index is 2.60. The van der Waals surface area contributed by atoms with Crippen LogP contribution in [0.25, 0.3) is 0 Å². The number of hydrogen-bond acceptors (Lipinski definition) is 4. The zero-order chi connectivity index (χ0) is 15.7. The van der Waals surface area contributed by atoms with Crippen LogP contribution in [0.5, 0.6) is 0 Å². The minimum atomic E-state index is -0.562. The van der Waals surface area contributed by atoms with Gasteiger partial charge < -0.3 is 4.74 Å². The minimum absolute atomic E-state index is 0.0142. The van der Waals surface area contributed by atoms with Gasteiger partial charge in [0.05, 0.1) is 0 Å². The number of ether oxygens (including phenoxy) is 1. The van der Waals surface area contributed by atoms with E-state index in [0.29, 0.717) is 17.1 Å². The highest BCUT2D eigenvalue weighted by Gasteiger charge is 2.41. The SMILES string of the molecule is CCN1C(=O)C(=C2C=C(C)OC(C)=C2)C(=O)N(CC)C1=O. The summed E-state index contributed by atoms with van der Waals surface area (Å²) in [6.45, 7) is 7.34. The third-order valence-electron chi connectivity index (χ3n) is 3.34. The molecule has 0 saturated carbocycles. The number of nitrogens with zero attached hydrogens (tertiary/aromatic N) is 2. The summed E-state index contributed by atoms with van der Waals surface area (Å²) < 4.78 is 5.38. The summed E-state index contributed by atoms with van der Waals surface area (Å²) in [4.78, 5) is 39.2. The largest absolute Gasteiger partial charge is 0.467 e. The van der Waals surface area contributed by atoms with Crippen LogP contribution >= 0.6 is 0 Å². The molecule has 0 bridgehead atoms. The highest BCUT2D eigenvalue weighted by molar-refractivity contribution is 6.29. The molecule has 6 heteroatoms. The van der Waals surface area contributed by atoms with Crippen LogP contribution in [0.3, 0.4) is 0 Å². The Morgan fingerprint density at radius 2 is 1.33 bits per heavy atom. The summed E-state index contributed by atoms with van der Waals surface area (Å²) in [5.41, 5.74) is 0.496. The smallest absolute Gasteiger partial charge is 0.333 e. The highest BCUT2D eigenvalue weighted by atomic mass is 16.5. The van der Waals surface area contributed by atoms with Gasteiger partial charge in [0, 0.05) is 13.1 Å². The molecule has 4 amide bonds. The van der Waals surface area contributed by atoms with E-state index in [1.165, 1.54) is 0 Å². The fraction of sp³-hybridized carbons (Fsp3) is 0.400. The molecule has 0 aromatic heterocycles. The van der Waals surface area contributed by atoms with Crippen LogP contribution in [0.1, 0.15) is 27.7 Å². The molecular weight excluding hydrogens is 272 g/mol. The zero-order valence-electron chi connectivity index (χ0n) is 12.6. The maximum atomic E-state index is 12.5. The normalized spacial score (nSPS) is 19.7. The van der Waals surface area contributed by atoms with Gasteiger partial charge in [-0.2, -0.15) is 0 Å². The highest BCUT2D eigenvalue weighted by Crippen LogP contribution is 2.26. The van der Waals surface area contributed by atoms with E-state index in [1.807, 2.05) is 0 Å². The Hall–Kier alpha value is -2.37. The lowest BCUT2D eigenvalue weighted by molar-refractivity contribution is -0.135. The van der Waals surface area contributed by atoms with E-state index in [9.17, 15) is 14.4 Å². The van der Waals surface area contributed by atoms with E-state index < -0.39 is 17.8 Å². The van der Waals surface area contributed by atoms with Gasteiger partial charge >= 0.3 is 6.03 Å². The van der Waals surface area contributed by atoms with E-state index >= 15 is 0 Å². The first kappa shape index (κ1) is 15.0. The summed E-state index contributed by atoms with van der Waals surface area (Å²) >= 11 is 0. The number of amides is 4. The van der Waals surface area contributed by atoms with Crippen LogP contribution in [0.2, 0.25) is 0 Å². The third-order valence-corrected chi connectivity index (χ3v) is 3.34. The molecule has 0 aromatic rings. The van der Waals surface area contributed by atoms with Crippen LogP contribution in [-0.2, 0) is 14.3 Å². The lowest BCUT2D eigenvalue weighted by Crippen LogP contribution is -2.56. The average molecular weight is 290 g/mol. The number of barbiturate groups is 1. The lowest BCUT2D eigenvalue weighted by atomic mass is 10.0. The molecule has 2 aliphatic rings. The van der Waals surface area contributed by atoms with Crippen molar-refractivity contribution in [3.8, 4) is 0 Å². The first-order valence-corrected chi connectivity index (χ1v) is 6.87. The number of allylic oxidation sites excluding steroid dienone is 5. The summed E-state index contributed by atoms with van der Waals surface area (Å²) in [6.07, 6.45) is 3.27. The maximum absolute atomic E-state index is 12.5. The van der Waals surface area contributed by atoms with Gasteiger partial charge in [-0.15, -0.1) is 0 Å². The van der Waals surface area contributed by atoms with E-state index in [-0.39, 0.29) is 18.7 Å². The first-order chi connectivity index (χ1) is 9.90. The van der Waals surface area contributed by atoms with Gasteiger partial charge in [-0.3, -0.25) is 19.4 Å². The zero-order valence-corrected chi connectivity index (χ0v) is 12.6. The van der Waals surface area contributed by atoms with Crippen molar-refractivity contribution in [2.75, 3.05) is 13.1 Å². The molecule has 6 nitrogen and oxygen atoms in total. The molecule has 1 fully saturated rings. The molecule has 0 unspecified atom stereocenters. The second kappa shape index (κ2) is 5.55. The Bertz CT molecular complexity index is 565. The summed E-state index contributed by atoms with van der Waals surface area (Å²) in [5, 5.41) is 0. The van der Waals surface area contributed by atoms with Crippen molar-refractivity contribution < 1.29 is 19.1 Å². The number of hydrogen-bond donors (Lipinski definition) is 0. The predicted molar refractivity (Wildman–Crippen MR) is 75.8 cm³/mol. The molecule has 0 radical (unpaired) electrons. The number of urea groups is 1. The number of likely N-dealkylation sites (N-methyl/N-ethyl adjacent to an activating group) is 2. The topological polar surface area (TPSA) is 66.9 Å². The predicted octanol–water partition coefficient (Wildman–Crippen LogP) is 1.95. The Morgan fingerprint density at radius 3 is 1.71 bits per heavy atom. The third kappa shape index (κ3) is 2.49. The number of carbonyl (C=O) groups is 3. The number of rotatable bonds is 2. The average Bonchev–Trinajstić information content (AvgIpc) is 2.38. The van der Waals surface area contributed by atoms with Gasteiger partial charge in [-0.05, 0) is 45.4 Å². The molecule has 2 heterocycles. The summed E-state index contributed by atoms with van der Waals surface area (Å²) in [7, 11) is 0. The fourth-order valence-electron chi connectivity index (χ4n) is 2.42. The minimum Gasteiger partial charge on any atom is -0.467 e. The van der Waals surface area contributed by atoms with Crippen molar-refractivity contribution in [2.24, 2.45) is 0 Å². The van der Waals surface area contributed by atoms with Crippen molar-refractivity contribution in [2.45, 2.75) is 27.7 Å². The van der Waals surface area contributed by atoms with Gasteiger partial charge in [0.25, 0.3) is 11.8 Å². The molecule has 0 N–H and O–H groups in total. The Labute approximate surface area is 123 Å². The summed E-state index contributed by atoms with van der Waals surface area (Å²) in [5.74, 6) is 0.0894. The second-order valence-corrected chi connectivity index (χ2v) is 4.82. The standard InChI is InChI=1S/C15H18N2O4/c1-5-16-13(18)12(14(19)17(6-2)15(16)20)11-7-9(3)21-10(4)8-11/h7-8H,5-6H2,1-4H3. The van der Waals surface area contributed by atoms with Crippen LogP contribution in [-0.4, -0.2) is 40.7 Å². The molecule has 2 rings (SSSR count). The van der Waals surface area contributed by atoms with Crippen LogP contribution in [0.15, 0.2) is 34.8 Å². The van der Waals surface area contributed by atoms with Crippen molar-refractivity contribution >= 4 is 17.8 Å². The molecule has 1 saturated heterocycles. The van der Waals surface area contributed by atoms with E-state index in [1.54, 1.807) is 39.8 Å². The summed E-state index contributed by atoms with van der Waals surface area (Å²) in [6, 6.07) is -0.562. The van der Waals surface area contributed by atoms with Gasteiger partial charge in [-0.25, -0.2) is 4.79 Å². The van der Waals surface area contributed by atoms with Crippen molar-refractivity contribution in [1.29, 1.82) is 0 Å². The van der Waals surface area contributed by atoms with Gasteiger partial charge in [-0.1, -0.05) is 0 Å². The van der Waals surface area contributed by atoms with E-state index in [2.05, 4.69) is 0 Å². The molecular formula is C15H18N2O4. The number of imide groups is 2.